The monoisotopic (exact) mass is 195 g/mol. The molecule has 1 saturated heterocycles. The predicted molar refractivity (Wildman–Crippen MR) is 61.4 cm³/mol. The molecule has 0 aromatic heterocycles. The van der Waals surface area contributed by atoms with Crippen molar-refractivity contribution in [1.82, 2.24) is 4.90 Å². The molecule has 0 aromatic carbocycles. The van der Waals surface area contributed by atoms with Crippen LogP contribution in [-0.4, -0.2) is 24.5 Å². The van der Waals surface area contributed by atoms with E-state index in [0.29, 0.717) is 0 Å². The van der Waals surface area contributed by atoms with E-state index in [9.17, 15) is 0 Å². The van der Waals surface area contributed by atoms with Crippen LogP contribution in [-0.2, 0) is 0 Å². The molecule has 82 valence electrons. The summed E-state index contributed by atoms with van der Waals surface area (Å²) in [4.78, 5) is 2.63. The Kier molecular flexibility index (Phi) is 3.48. The molecule has 2 fully saturated rings. The maximum absolute atomic E-state index is 2.63. The van der Waals surface area contributed by atoms with Gasteiger partial charge in [-0.05, 0) is 51.1 Å². The van der Waals surface area contributed by atoms with Crippen LogP contribution in [0.4, 0.5) is 0 Å². The molecule has 1 aliphatic heterocycles. The minimum absolute atomic E-state index is 0.927. The maximum Gasteiger partial charge on any atom is 0.0120 e. The standard InChI is InChI=1S/C13H25N/c1-11-6-8-12(9-7-11)13-5-3-4-10-14(13)2/h11-13H,3-10H2,1-2H3. The zero-order chi connectivity index (χ0) is 9.97. The van der Waals surface area contributed by atoms with Gasteiger partial charge in [0.2, 0.25) is 0 Å². The first-order chi connectivity index (χ1) is 6.77. The number of hydrogen-bond donors (Lipinski definition) is 0. The molecular formula is C13H25N. The lowest BCUT2D eigenvalue weighted by atomic mass is 9.76. The second-order valence-corrected chi connectivity index (χ2v) is 5.56. The van der Waals surface area contributed by atoms with Gasteiger partial charge in [-0.2, -0.15) is 0 Å². The van der Waals surface area contributed by atoms with E-state index < -0.39 is 0 Å². The van der Waals surface area contributed by atoms with Crippen molar-refractivity contribution in [3.8, 4) is 0 Å². The molecule has 2 aliphatic rings. The van der Waals surface area contributed by atoms with Crippen molar-refractivity contribution < 1.29 is 0 Å². The minimum atomic E-state index is 0.927. The summed E-state index contributed by atoms with van der Waals surface area (Å²) in [5.41, 5.74) is 0. The summed E-state index contributed by atoms with van der Waals surface area (Å²) >= 11 is 0. The fourth-order valence-electron chi connectivity index (χ4n) is 3.37. The summed E-state index contributed by atoms with van der Waals surface area (Å²) in [6.07, 6.45) is 10.3. The van der Waals surface area contributed by atoms with Gasteiger partial charge in [-0.3, -0.25) is 0 Å². The van der Waals surface area contributed by atoms with Gasteiger partial charge in [0, 0.05) is 6.04 Å². The molecule has 0 radical (unpaired) electrons. The van der Waals surface area contributed by atoms with Crippen molar-refractivity contribution in [2.75, 3.05) is 13.6 Å². The van der Waals surface area contributed by atoms with E-state index in [0.717, 1.165) is 17.9 Å². The fraction of sp³-hybridized carbons (Fsp3) is 1.00. The van der Waals surface area contributed by atoms with E-state index in [1.807, 2.05) is 0 Å². The summed E-state index contributed by atoms with van der Waals surface area (Å²) in [6.45, 7) is 3.76. The highest BCUT2D eigenvalue weighted by Crippen LogP contribution is 2.35. The van der Waals surface area contributed by atoms with Crippen LogP contribution >= 0.6 is 0 Å². The Bertz CT molecular complexity index is 170. The highest BCUT2D eigenvalue weighted by molar-refractivity contribution is 4.84. The van der Waals surface area contributed by atoms with Gasteiger partial charge < -0.3 is 4.90 Å². The van der Waals surface area contributed by atoms with Crippen molar-refractivity contribution in [2.24, 2.45) is 11.8 Å². The fourth-order valence-corrected chi connectivity index (χ4v) is 3.37. The second kappa shape index (κ2) is 4.65. The van der Waals surface area contributed by atoms with Crippen molar-refractivity contribution in [1.29, 1.82) is 0 Å². The Morgan fingerprint density at radius 2 is 1.64 bits per heavy atom. The van der Waals surface area contributed by atoms with Gasteiger partial charge in [0.25, 0.3) is 0 Å². The van der Waals surface area contributed by atoms with Crippen molar-refractivity contribution in [3.63, 3.8) is 0 Å². The smallest absolute Gasteiger partial charge is 0.0120 e. The second-order valence-electron chi connectivity index (χ2n) is 5.56. The SMILES string of the molecule is CC1CCC(C2CCCCN2C)CC1. The Morgan fingerprint density at radius 1 is 0.929 bits per heavy atom. The Morgan fingerprint density at radius 3 is 2.29 bits per heavy atom. The quantitative estimate of drug-likeness (QED) is 0.620. The van der Waals surface area contributed by atoms with Crippen molar-refractivity contribution in [2.45, 2.75) is 57.9 Å². The van der Waals surface area contributed by atoms with Gasteiger partial charge in [-0.1, -0.05) is 26.2 Å². The first kappa shape index (κ1) is 10.5. The van der Waals surface area contributed by atoms with Crippen LogP contribution < -0.4 is 0 Å². The molecule has 1 aliphatic carbocycles. The molecule has 1 atom stereocenters. The minimum Gasteiger partial charge on any atom is -0.303 e. The summed E-state index contributed by atoms with van der Waals surface area (Å²) in [6, 6.07) is 0.927. The molecule has 0 amide bonds. The van der Waals surface area contributed by atoms with Crippen molar-refractivity contribution in [3.05, 3.63) is 0 Å². The first-order valence-corrected chi connectivity index (χ1v) is 6.47. The highest BCUT2D eigenvalue weighted by atomic mass is 15.1. The van der Waals surface area contributed by atoms with E-state index in [2.05, 4.69) is 18.9 Å². The average Bonchev–Trinajstić information content (AvgIpc) is 2.20. The third-order valence-corrected chi connectivity index (χ3v) is 4.43. The lowest BCUT2D eigenvalue weighted by Crippen LogP contribution is -2.42. The molecule has 2 rings (SSSR count). The van der Waals surface area contributed by atoms with E-state index >= 15 is 0 Å². The van der Waals surface area contributed by atoms with Crippen LogP contribution in [0.3, 0.4) is 0 Å². The lowest BCUT2D eigenvalue weighted by Gasteiger charge is -2.40. The lowest BCUT2D eigenvalue weighted by molar-refractivity contribution is 0.0969. The Labute approximate surface area is 88.9 Å². The van der Waals surface area contributed by atoms with E-state index in [1.54, 1.807) is 0 Å². The van der Waals surface area contributed by atoms with Gasteiger partial charge in [-0.25, -0.2) is 0 Å². The summed E-state index contributed by atoms with van der Waals surface area (Å²) < 4.78 is 0. The molecular weight excluding hydrogens is 170 g/mol. The molecule has 1 heterocycles. The molecule has 1 unspecified atom stereocenters. The average molecular weight is 195 g/mol. The Hall–Kier alpha value is -0.0400. The zero-order valence-corrected chi connectivity index (χ0v) is 9.84. The van der Waals surface area contributed by atoms with E-state index in [4.69, 9.17) is 0 Å². The third kappa shape index (κ3) is 2.31. The highest BCUT2D eigenvalue weighted by Gasteiger charge is 2.29. The van der Waals surface area contributed by atoms with Crippen LogP contribution in [0.2, 0.25) is 0 Å². The molecule has 0 spiro atoms. The maximum atomic E-state index is 2.63. The number of hydrogen-bond acceptors (Lipinski definition) is 1. The number of rotatable bonds is 1. The van der Waals surface area contributed by atoms with Gasteiger partial charge in [-0.15, -0.1) is 0 Å². The normalized spacial score (nSPS) is 41.1. The molecule has 1 heteroatoms. The number of nitrogens with zero attached hydrogens (tertiary/aromatic N) is 1. The van der Waals surface area contributed by atoms with Crippen LogP contribution in [0.25, 0.3) is 0 Å². The summed E-state index contributed by atoms with van der Waals surface area (Å²) in [7, 11) is 2.34. The van der Waals surface area contributed by atoms with E-state index in [1.165, 1.54) is 51.5 Å². The molecule has 14 heavy (non-hydrogen) atoms. The largest absolute Gasteiger partial charge is 0.303 e. The van der Waals surface area contributed by atoms with Gasteiger partial charge in [0.15, 0.2) is 0 Å². The summed E-state index contributed by atoms with van der Waals surface area (Å²) in [5.74, 6) is 2.02. The predicted octanol–water partition coefficient (Wildman–Crippen LogP) is 3.30. The molecule has 0 bridgehead atoms. The molecule has 0 N–H and O–H groups in total. The molecule has 0 aromatic rings. The number of piperidine rings is 1. The zero-order valence-electron chi connectivity index (χ0n) is 9.84. The van der Waals surface area contributed by atoms with Gasteiger partial charge in [0.1, 0.15) is 0 Å². The van der Waals surface area contributed by atoms with E-state index in [-0.39, 0.29) is 0 Å². The third-order valence-electron chi connectivity index (χ3n) is 4.43. The van der Waals surface area contributed by atoms with Gasteiger partial charge in [0.05, 0.1) is 0 Å². The van der Waals surface area contributed by atoms with Crippen molar-refractivity contribution >= 4 is 0 Å². The Balaban J connectivity index is 1.87. The van der Waals surface area contributed by atoms with Crippen LogP contribution in [0.15, 0.2) is 0 Å². The topological polar surface area (TPSA) is 3.24 Å². The summed E-state index contributed by atoms with van der Waals surface area (Å²) in [5, 5.41) is 0. The first-order valence-electron chi connectivity index (χ1n) is 6.47. The van der Waals surface area contributed by atoms with Gasteiger partial charge >= 0.3 is 0 Å². The number of likely N-dealkylation sites (tertiary alicyclic amines) is 1. The van der Waals surface area contributed by atoms with Crippen LogP contribution in [0, 0.1) is 11.8 Å². The molecule has 1 saturated carbocycles. The molecule has 1 nitrogen and oxygen atoms in total. The van der Waals surface area contributed by atoms with Crippen LogP contribution in [0.5, 0.6) is 0 Å². The van der Waals surface area contributed by atoms with Crippen LogP contribution in [0.1, 0.15) is 51.9 Å².